The molecule has 3 nitrogen and oxygen atoms in total. The van der Waals surface area contributed by atoms with Gasteiger partial charge in [-0.25, -0.2) is 4.39 Å². The van der Waals surface area contributed by atoms with Gasteiger partial charge in [-0.05, 0) is 48.2 Å². The molecule has 0 aliphatic heterocycles. The van der Waals surface area contributed by atoms with Gasteiger partial charge in [0, 0.05) is 24.3 Å². The van der Waals surface area contributed by atoms with Gasteiger partial charge in [-0.2, -0.15) is 0 Å². The molecule has 2 saturated carbocycles. The first kappa shape index (κ1) is 21.2. The predicted molar refractivity (Wildman–Crippen MR) is 112 cm³/mol. The van der Waals surface area contributed by atoms with Gasteiger partial charge in [0.1, 0.15) is 5.82 Å². The van der Waals surface area contributed by atoms with Gasteiger partial charge in [-0.1, -0.05) is 46.2 Å². The zero-order valence-corrected chi connectivity index (χ0v) is 19.1. The summed E-state index contributed by atoms with van der Waals surface area (Å²) in [6, 6.07) is 3.59. The van der Waals surface area contributed by atoms with E-state index in [-0.39, 0.29) is 11.9 Å². The lowest BCUT2D eigenvalue weighted by atomic mass is 9.97. The van der Waals surface area contributed by atoms with Crippen LogP contribution in [0.5, 0.6) is 0 Å². The first-order chi connectivity index (χ1) is 12.8. The predicted octanol–water partition coefficient (Wildman–Crippen LogP) is 5.96. The number of hydrogen-bond donors (Lipinski definition) is 1. The first-order valence-corrected chi connectivity index (χ1v) is 13.4. The van der Waals surface area contributed by atoms with Crippen LogP contribution >= 0.6 is 11.6 Å². The van der Waals surface area contributed by atoms with Crippen molar-refractivity contribution in [3.63, 3.8) is 0 Å². The highest BCUT2D eigenvalue weighted by molar-refractivity contribution is 6.73. The van der Waals surface area contributed by atoms with Crippen molar-refractivity contribution < 1.29 is 8.82 Å². The molecule has 0 saturated heterocycles. The van der Waals surface area contributed by atoms with Gasteiger partial charge in [-0.3, -0.25) is 4.98 Å². The summed E-state index contributed by atoms with van der Waals surface area (Å²) in [5.41, 5.74) is 0.985. The molecular weight excluding hydrogens is 379 g/mol. The average molecular weight is 413 g/mol. The van der Waals surface area contributed by atoms with E-state index in [4.69, 9.17) is 16.0 Å². The molecule has 0 spiro atoms. The average Bonchev–Trinajstić information content (AvgIpc) is 3.00. The second kappa shape index (κ2) is 8.09. The van der Waals surface area contributed by atoms with Crippen molar-refractivity contribution in [2.75, 3.05) is 6.54 Å². The summed E-state index contributed by atoms with van der Waals surface area (Å²) >= 11 is 6.35. The highest BCUT2D eigenvalue weighted by atomic mass is 35.5. The minimum Gasteiger partial charge on any atom is -0.408 e. The summed E-state index contributed by atoms with van der Waals surface area (Å²) < 4.78 is 21.3. The van der Waals surface area contributed by atoms with Crippen LogP contribution in [0.3, 0.4) is 0 Å². The molecule has 2 aliphatic carbocycles. The van der Waals surface area contributed by atoms with E-state index in [1.54, 1.807) is 0 Å². The molecule has 0 bridgehead atoms. The topological polar surface area (TPSA) is 34.1 Å². The van der Waals surface area contributed by atoms with Gasteiger partial charge in [0.2, 0.25) is 0 Å². The lowest BCUT2D eigenvalue weighted by molar-refractivity contribution is 0.174. The maximum absolute atomic E-state index is 14.6. The van der Waals surface area contributed by atoms with Crippen LogP contribution in [0.15, 0.2) is 12.4 Å². The minimum absolute atomic E-state index is 0.350. The Balaban J connectivity index is 1.74. The van der Waals surface area contributed by atoms with Crippen LogP contribution in [-0.2, 0) is 4.43 Å². The largest absolute Gasteiger partial charge is 0.408 e. The van der Waals surface area contributed by atoms with Crippen LogP contribution < -0.4 is 5.32 Å². The van der Waals surface area contributed by atoms with Crippen LogP contribution in [0.4, 0.5) is 4.39 Å². The summed E-state index contributed by atoms with van der Waals surface area (Å²) in [5.74, 6) is 1.31. The lowest BCUT2D eigenvalue weighted by Crippen LogP contribution is -2.42. The van der Waals surface area contributed by atoms with Crippen molar-refractivity contribution in [1.29, 1.82) is 0 Å². The highest BCUT2D eigenvalue weighted by Crippen LogP contribution is 2.66. The number of halogens is 2. The Bertz CT molecular complexity index is 625. The molecule has 4 atom stereocenters. The van der Waals surface area contributed by atoms with Gasteiger partial charge in [-0.15, -0.1) is 0 Å². The molecule has 2 fully saturated rings. The number of pyridine rings is 1. The quantitative estimate of drug-likeness (QED) is 0.508. The van der Waals surface area contributed by atoms with E-state index in [2.05, 4.69) is 44.9 Å². The van der Waals surface area contributed by atoms with Crippen molar-refractivity contribution in [3.8, 4) is 0 Å². The molecule has 0 amide bonds. The smallest absolute Gasteiger partial charge is 0.192 e. The molecule has 2 aliphatic rings. The van der Waals surface area contributed by atoms with Gasteiger partial charge >= 0.3 is 0 Å². The molecule has 1 aromatic rings. The molecular formula is C21H34ClFN2OSi. The number of nitrogens with one attached hydrogen (secondary N) is 1. The minimum atomic E-state index is -1.90. The third kappa shape index (κ3) is 4.12. The Morgan fingerprint density at radius 2 is 1.81 bits per heavy atom. The molecule has 27 heavy (non-hydrogen) atoms. The molecule has 1 aromatic heterocycles. The first-order valence-electron chi connectivity index (χ1n) is 10.5. The summed E-state index contributed by atoms with van der Waals surface area (Å²) in [6.07, 6.45) is 4.86. The summed E-state index contributed by atoms with van der Waals surface area (Å²) in [4.78, 5) is 3.88. The van der Waals surface area contributed by atoms with Gasteiger partial charge < -0.3 is 9.74 Å². The van der Waals surface area contributed by atoms with Crippen molar-refractivity contribution >= 4 is 19.9 Å². The third-order valence-corrected chi connectivity index (χ3v) is 12.4. The van der Waals surface area contributed by atoms with Crippen LogP contribution in [0.25, 0.3) is 0 Å². The second-order valence-electron chi connectivity index (χ2n) is 8.98. The molecule has 152 valence electrons. The molecule has 1 N–H and O–H groups in total. The number of aromatic nitrogens is 1. The van der Waals surface area contributed by atoms with E-state index < -0.39 is 8.32 Å². The van der Waals surface area contributed by atoms with Crippen LogP contribution in [0.2, 0.25) is 23.2 Å². The zero-order valence-electron chi connectivity index (χ0n) is 17.3. The fourth-order valence-electron chi connectivity index (χ4n) is 5.18. The zero-order chi connectivity index (χ0) is 19.8. The van der Waals surface area contributed by atoms with Gasteiger partial charge in [0.15, 0.2) is 8.32 Å². The SMILES string of the molecule is CC[Si](CC)(CC)OC(CNC1C[C@@H]2[C@H](C1)C2(C)C)c1c(F)cncc1Cl. The molecule has 0 radical (unpaired) electrons. The lowest BCUT2D eigenvalue weighted by Gasteiger charge is -2.34. The second-order valence-corrected chi connectivity index (χ2v) is 14.1. The van der Waals surface area contributed by atoms with Gasteiger partial charge in [0.05, 0.1) is 17.3 Å². The van der Waals surface area contributed by atoms with Crippen molar-refractivity contribution in [3.05, 3.63) is 28.8 Å². The monoisotopic (exact) mass is 412 g/mol. The Labute approximate surface area is 169 Å². The Morgan fingerprint density at radius 1 is 1.22 bits per heavy atom. The van der Waals surface area contributed by atoms with Crippen LogP contribution in [-0.4, -0.2) is 25.9 Å². The third-order valence-electron chi connectivity index (χ3n) is 7.49. The standard InChI is InChI=1S/C21H34ClFN2OSi/c1-6-27(7-2,8-3)26-19(20-17(22)11-24-12-18(20)23)13-25-14-9-15-16(10-14)21(15,4)5/h11-12,14-16,19,25H,6-10,13H2,1-5H3/t14?,15-,16+,19?. The van der Waals surface area contributed by atoms with Crippen LogP contribution in [0, 0.1) is 23.1 Å². The van der Waals surface area contributed by atoms with E-state index in [1.807, 2.05) is 0 Å². The van der Waals surface area contributed by atoms with Crippen molar-refractivity contribution in [1.82, 2.24) is 10.3 Å². The number of hydrogen-bond acceptors (Lipinski definition) is 3. The van der Waals surface area contributed by atoms with Crippen molar-refractivity contribution in [2.24, 2.45) is 17.3 Å². The molecule has 1 heterocycles. The van der Waals surface area contributed by atoms with Crippen LogP contribution in [0.1, 0.15) is 59.1 Å². The normalized spacial score (nSPS) is 27.4. The Kier molecular flexibility index (Phi) is 6.36. The van der Waals surface area contributed by atoms with E-state index in [0.29, 0.717) is 28.6 Å². The summed E-state index contributed by atoms with van der Waals surface area (Å²) in [7, 11) is -1.90. The molecule has 6 heteroatoms. The fourth-order valence-corrected chi connectivity index (χ4v) is 8.25. The van der Waals surface area contributed by atoms with Crippen molar-refractivity contribution in [2.45, 2.75) is 77.7 Å². The number of fused-ring (bicyclic) bond motifs is 1. The van der Waals surface area contributed by atoms with E-state index >= 15 is 0 Å². The number of nitrogens with zero attached hydrogens (tertiary/aromatic N) is 1. The molecule has 2 unspecified atom stereocenters. The highest BCUT2D eigenvalue weighted by Gasteiger charge is 2.61. The maximum atomic E-state index is 14.6. The number of rotatable bonds is 9. The maximum Gasteiger partial charge on any atom is 0.192 e. The van der Waals surface area contributed by atoms with E-state index in [9.17, 15) is 4.39 Å². The molecule has 3 rings (SSSR count). The molecule has 0 aromatic carbocycles. The fraction of sp³-hybridized carbons (Fsp3) is 0.762. The Morgan fingerprint density at radius 3 is 2.33 bits per heavy atom. The van der Waals surface area contributed by atoms with E-state index in [0.717, 1.165) is 30.0 Å². The van der Waals surface area contributed by atoms with Gasteiger partial charge in [0.25, 0.3) is 0 Å². The summed E-state index contributed by atoms with van der Waals surface area (Å²) in [5, 5.41) is 4.04. The summed E-state index contributed by atoms with van der Waals surface area (Å²) in [6.45, 7) is 11.9. The Hall–Kier alpha value is -0.493. The van der Waals surface area contributed by atoms with E-state index in [1.165, 1.54) is 25.2 Å².